The molecule has 0 aliphatic carbocycles. The van der Waals surface area contributed by atoms with Gasteiger partial charge in [-0.05, 0) is 54.2 Å². The van der Waals surface area contributed by atoms with E-state index in [1.54, 1.807) is 14.2 Å². The maximum Gasteiger partial charge on any atom is 0.306 e. The van der Waals surface area contributed by atoms with Crippen molar-refractivity contribution in [3.8, 4) is 44.9 Å². The van der Waals surface area contributed by atoms with Crippen LogP contribution in [0.25, 0.3) is 33.4 Å². The van der Waals surface area contributed by atoms with Gasteiger partial charge in [-0.2, -0.15) is 0 Å². The first-order valence-electron chi connectivity index (χ1n) is 17.5. The van der Waals surface area contributed by atoms with Gasteiger partial charge in [0.2, 0.25) is 0 Å². The largest absolute Gasteiger partial charge is 0.496 e. The third-order valence-electron chi connectivity index (χ3n) is 9.98. The number of aliphatic carboxylic acids is 1. The van der Waals surface area contributed by atoms with Crippen molar-refractivity contribution in [1.29, 1.82) is 0 Å². The lowest BCUT2D eigenvalue weighted by atomic mass is 9.90. The minimum absolute atomic E-state index is 0.0265. The lowest BCUT2D eigenvalue weighted by Crippen LogP contribution is -2.37. The Morgan fingerprint density at radius 3 is 1.54 bits per heavy atom. The van der Waals surface area contributed by atoms with Gasteiger partial charge in [-0.25, -0.2) is 0 Å². The van der Waals surface area contributed by atoms with Crippen LogP contribution in [0.2, 0.25) is 10.0 Å². The van der Waals surface area contributed by atoms with Gasteiger partial charge in [0.25, 0.3) is 0 Å². The van der Waals surface area contributed by atoms with Crippen LogP contribution < -0.4 is 9.47 Å². The molecule has 2 heterocycles. The number of ether oxygens (including phenoxy) is 2. The monoisotopic (exact) mass is 746 g/mol. The Hall–Kier alpha value is -3.96. The summed E-state index contributed by atoms with van der Waals surface area (Å²) in [5.41, 5.74) is 9.51. The second-order valence-electron chi connectivity index (χ2n) is 13.7. The summed E-state index contributed by atoms with van der Waals surface area (Å²) in [4.78, 5) is 26.8. The van der Waals surface area contributed by atoms with Crippen molar-refractivity contribution in [1.82, 2.24) is 9.80 Å². The maximum atomic E-state index is 11.5. The fraction of sp³-hybridized carbons (Fsp3) is 0.366. The molecule has 0 saturated heterocycles. The van der Waals surface area contributed by atoms with Crippen LogP contribution >= 0.6 is 23.2 Å². The summed E-state index contributed by atoms with van der Waals surface area (Å²) in [5, 5.41) is 30.8. The van der Waals surface area contributed by atoms with Crippen molar-refractivity contribution in [3.05, 3.63) is 93.0 Å². The summed E-state index contributed by atoms with van der Waals surface area (Å²) in [6.45, 7) is 4.79. The van der Waals surface area contributed by atoms with Gasteiger partial charge < -0.3 is 24.8 Å². The number of fused-ring (bicyclic) bond motifs is 2. The number of hydrogen-bond acceptors (Lipinski definition) is 8. The summed E-state index contributed by atoms with van der Waals surface area (Å²) in [7, 11) is 3.29. The van der Waals surface area contributed by atoms with E-state index in [1.165, 1.54) is 6.92 Å². The van der Waals surface area contributed by atoms with Crippen molar-refractivity contribution < 1.29 is 34.4 Å². The van der Waals surface area contributed by atoms with Crippen LogP contribution in [0.1, 0.15) is 42.0 Å². The van der Waals surface area contributed by atoms with E-state index >= 15 is 0 Å². The molecule has 0 fully saturated rings. The average molecular weight is 748 g/mol. The summed E-state index contributed by atoms with van der Waals surface area (Å²) >= 11 is 14.5. The minimum Gasteiger partial charge on any atom is -0.496 e. The zero-order valence-electron chi connectivity index (χ0n) is 29.6. The molecule has 0 saturated carbocycles. The van der Waals surface area contributed by atoms with Crippen molar-refractivity contribution >= 4 is 35.0 Å². The molecule has 2 unspecified atom stereocenters. The predicted octanol–water partition coefficient (Wildman–Crippen LogP) is 6.90. The van der Waals surface area contributed by atoms with E-state index in [0.29, 0.717) is 48.4 Å². The topological polar surface area (TPSA) is 120 Å². The van der Waals surface area contributed by atoms with Gasteiger partial charge in [-0.3, -0.25) is 19.4 Å². The molecule has 0 spiro atoms. The van der Waals surface area contributed by atoms with E-state index in [-0.39, 0.29) is 25.2 Å². The SMILES string of the molecule is COc1cc(-c2cccc(-c3cccc(-c4cc5c(c(OC)c4)CN(CC(O)CC(=O)O)CC5)c3Cl)c2Cl)cc2c1CN(CC(O)CC(C)=O)CC2. The van der Waals surface area contributed by atoms with Crippen LogP contribution in [-0.4, -0.2) is 89.5 Å². The Labute approximate surface area is 314 Å². The molecule has 6 rings (SSSR count). The minimum atomic E-state index is -1.02. The molecule has 0 amide bonds. The third-order valence-corrected chi connectivity index (χ3v) is 10.8. The fourth-order valence-electron chi connectivity index (χ4n) is 7.55. The van der Waals surface area contributed by atoms with E-state index in [2.05, 4.69) is 21.9 Å². The van der Waals surface area contributed by atoms with E-state index in [9.17, 15) is 19.8 Å². The Morgan fingerprint density at radius 1 is 0.712 bits per heavy atom. The number of carboxylic acid groups (broad SMARTS) is 1. The fourth-order valence-corrected chi connectivity index (χ4v) is 8.22. The first-order chi connectivity index (χ1) is 24.9. The van der Waals surface area contributed by atoms with Crippen molar-refractivity contribution in [2.45, 2.75) is 57.9 Å². The maximum absolute atomic E-state index is 11.5. The zero-order chi connectivity index (χ0) is 37.1. The van der Waals surface area contributed by atoms with Gasteiger partial charge in [-0.15, -0.1) is 0 Å². The molecule has 4 aromatic carbocycles. The number of Topliss-reactive ketones (excluding diaryl/α,β-unsaturated/α-hetero) is 1. The highest BCUT2D eigenvalue weighted by Crippen LogP contribution is 2.45. The molecule has 4 aromatic rings. The molecular weight excluding hydrogens is 703 g/mol. The highest BCUT2D eigenvalue weighted by Gasteiger charge is 2.26. The molecular formula is C41H44Cl2N2O7. The van der Waals surface area contributed by atoms with Gasteiger partial charge in [0.15, 0.2) is 0 Å². The summed E-state index contributed by atoms with van der Waals surface area (Å²) in [5.74, 6) is 0.414. The summed E-state index contributed by atoms with van der Waals surface area (Å²) in [6.07, 6.45) is -0.301. The molecule has 11 heteroatoms. The molecule has 9 nitrogen and oxygen atoms in total. The van der Waals surface area contributed by atoms with Gasteiger partial charge in [0.05, 0.1) is 42.9 Å². The smallest absolute Gasteiger partial charge is 0.306 e. The molecule has 274 valence electrons. The Bertz CT molecular complexity index is 1810. The number of hydrogen-bond donors (Lipinski definition) is 3. The zero-order valence-corrected chi connectivity index (χ0v) is 31.1. The van der Waals surface area contributed by atoms with Gasteiger partial charge >= 0.3 is 5.97 Å². The van der Waals surface area contributed by atoms with Crippen molar-refractivity contribution in [2.75, 3.05) is 40.4 Å². The molecule has 0 bridgehead atoms. The molecule has 52 heavy (non-hydrogen) atoms. The number of methoxy groups -OCH3 is 2. The number of nitrogens with zero attached hydrogens (tertiary/aromatic N) is 2. The third kappa shape index (κ3) is 8.31. The first-order valence-corrected chi connectivity index (χ1v) is 18.2. The second-order valence-corrected chi connectivity index (χ2v) is 14.5. The normalized spacial score (nSPS) is 15.8. The van der Waals surface area contributed by atoms with Gasteiger partial charge in [-0.1, -0.05) is 71.7 Å². The van der Waals surface area contributed by atoms with Crippen molar-refractivity contribution in [3.63, 3.8) is 0 Å². The Balaban J connectivity index is 1.28. The average Bonchev–Trinajstić information content (AvgIpc) is 3.10. The van der Waals surface area contributed by atoms with Crippen LogP contribution in [0.15, 0.2) is 60.7 Å². The molecule has 0 aromatic heterocycles. The van der Waals surface area contributed by atoms with Crippen LogP contribution in [0.4, 0.5) is 0 Å². The van der Waals surface area contributed by atoms with Crippen molar-refractivity contribution in [2.24, 2.45) is 0 Å². The first kappa shape index (κ1) is 37.8. The van der Waals surface area contributed by atoms with Crippen LogP contribution in [0.5, 0.6) is 11.5 Å². The predicted molar refractivity (Wildman–Crippen MR) is 203 cm³/mol. The van der Waals surface area contributed by atoms with Crippen LogP contribution in [-0.2, 0) is 35.5 Å². The highest BCUT2D eigenvalue weighted by molar-refractivity contribution is 6.39. The number of β-amino-alcohol motifs (C(OH)–C–C–N with tert-alkyl or cyclic N) is 2. The lowest BCUT2D eigenvalue weighted by Gasteiger charge is -2.31. The highest BCUT2D eigenvalue weighted by atomic mass is 35.5. The number of carbonyl (C=O) groups is 2. The summed E-state index contributed by atoms with van der Waals surface area (Å²) in [6, 6.07) is 20.1. The number of ketones is 1. The second kappa shape index (κ2) is 16.4. The van der Waals surface area contributed by atoms with Gasteiger partial charge in [0, 0.05) is 79.1 Å². The van der Waals surface area contributed by atoms with Crippen LogP contribution in [0, 0.1) is 0 Å². The van der Waals surface area contributed by atoms with Crippen LogP contribution in [0.3, 0.4) is 0 Å². The number of carbonyl (C=O) groups excluding carboxylic acids is 1. The summed E-state index contributed by atoms with van der Waals surface area (Å²) < 4.78 is 11.7. The van der Waals surface area contributed by atoms with Gasteiger partial charge in [0.1, 0.15) is 17.3 Å². The molecule has 2 atom stereocenters. The Morgan fingerprint density at radius 2 is 1.13 bits per heavy atom. The van der Waals surface area contributed by atoms with E-state index in [0.717, 1.165) is 74.3 Å². The molecule has 2 aliphatic heterocycles. The number of benzene rings is 4. The molecule has 2 aliphatic rings. The lowest BCUT2D eigenvalue weighted by molar-refractivity contribution is -0.139. The van der Waals surface area contributed by atoms with E-state index in [1.807, 2.05) is 48.5 Å². The molecule has 3 N–H and O–H groups in total. The Kier molecular flexibility index (Phi) is 11.9. The number of aliphatic hydroxyl groups excluding tert-OH is 2. The van der Waals surface area contributed by atoms with E-state index < -0.39 is 18.2 Å². The number of carboxylic acids is 1. The number of rotatable bonds is 13. The number of aliphatic hydroxyl groups is 2. The standard InChI is InChI=1S/C41H44Cl2N2O7/c1-24(46)14-29(47)20-44-12-10-25-15-27(17-37(51-2)35(25)22-44)31-6-4-8-33(40(31)42)34-9-5-7-32(41(34)43)28-16-26-11-13-45(21-30(48)19-39(49)50)23-36(26)38(18-28)52-3/h4-9,15-18,29-30,47-48H,10-14,19-23H2,1-3H3,(H,49,50). The quantitative estimate of drug-likeness (QED) is 0.134. The van der Waals surface area contributed by atoms with E-state index in [4.69, 9.17) is 37.8 Å². The molecule has 0 radical (unpaired) electrons. The number of halogens is 2.